The number of carbonyl (C=O) groups excluding carboxylic acids is 1. The zero-order chi connectivity index (χ0) is 19.0. The summed E-state index contributed by atoms with van der Waals surface area (Å²) in [7, 11) is 0. The van der Waals surface area contributed by atoms with Gasteiger partial charge in [-0.25, -0.2) is 13.6 Å². The molecule has 2 N–H and O–H groups in total. The maximum Gasteiger partial charge on any atom is 0.407 e. The van der Waals surface area contributed by atoms with Gasteiger partial charge in [-0.1, -0.05) is 13.3 Å². The molecule has 1 aromatic rings. The third-order valence-electron chi connectivity index (χ3n) is 5.46. The fraction of sp³-hybridized carbons (Fsp3) is 0.647. The Balaban J connectivity index is 1.50. The quantitative estimate of drug-likeness (QED) is 0.815. The van der Waals surface area contributed by atoms with E-state index in [-0.39, 0.29) is 30.1 Å². The zero-order valence-electron chi connectivity index (χ0n) is 14.9. The molecule has 2 unspecified atom stereocenters. The summed E-state index contributed by atoms with van der Waals surface area (Å²) in [5, 5.41) is 14.0. The largest absolute Gasteiger partial charge is 0.446 e. The molecule has 1 aliphatic carbocycles. The third kappa shape index (κ3) is 3.40. The zero-order valence-corrected chi connectivity index (χ0v) is 14.9. The van der Waals surface area contributed by atoms with Crippen LogP contribution in [-0.4, -0.2) is 52.3 Å². The minimum absolute atomic E-state index is 0.0295. The molecular weight excluding hydrogens is 358 g/mol. The maximum absolute atomic E-state index is 12.2. The van der Waals surface area contributed by atoms with Crippen molar-refractivity contribution >= 4 is 12.3 Å². The van der Waals surface area contributed by atoms with Crippen molar-refractivity contribution < 1.29 is 18.3 Å². The van der Waals surface area contributed by atoms with Crippen molar-refractivity contribution in [3.63, 3.8) is 0 Å². The molecule has 0 bridgehead atoms. The van der Waals surface area contributed by atoms with Crippen molar-refractivity contribution in [2.45, 2.75) is 56.8 Å². The van der Waals surface area contributed by atoms with Crippen LogP contribution in [0.4, 0.5) is 13.6 Å². The number of ether oxygens (including phenoxy) is 1. The van der Waals surface area contributed by atoms with E-state index in [1.165, 1.54) is 0 Å². The number of nitrogens with one attached hydrogen (secondary N) is 2. The van der Waals surface area contributed by atoms with Gasteiger partial charge in [0.05, 0.1) is 18.8 Å². The Morgan fingerprint density at radius 1 is 1.44 bits per heavy atom. The van der Waals surface area contributed by atoms with Gasteiger partial charge in [-0.15, -0.1) is 10.2 Å². The summed E-state index contributed by atoms with van der Waals surface area (Å²) in [6, 6.07) is 0.0295. The fourth-order valence-electron chi connectivity index (χ4n) is 4.22. The molecule has 1 saturated carbocycles. The van der Waals surface area contributed by atoms with E-state index in [1.54, 1.807) is 6.21 Å². The Hall–Kier alpha value is -2.52. The van der Waals surface area contributed by atoms with E-state index in [4.69, 9.17) is 4.74 Å². The second-order valence-electron chi connectivity index (χ2n) is 7.07. The molecule has 0 aromatic carbocycles. The first-order chi connectivity index (χ1) is 13.1. The molecule has 5 atom stereocenters. The lowest BCUT2D eigenvalue weighted by atomic mass is 9.92. The Bertz CT molecular complexity index is 765. The van der Waals surface area contributed by atoms with E-state index >= 15 is 0 Å². The molecule has 0 radical (unpaired) electrons. The van der Waals surface area contributed by atoms with Crippen LogP contribution in [0.2, 0.25) is 0 Å². The van der Waals surface area contributed by atoms with Crippen molar-refractivity contribution in [1.82, 2.24) is 25.4 Å². The van der Waals surface area contributed by atoms with Gasteiger partial charge >= 0.3 is 6.09 Å². The standard InChI is InChI=1S/C17H22F2N6O2/c1-2-9-5-10(27-17(26)22-7-13(18)19)6-11(9)16-24-23-14-8-21-15-12(25(14)16)3-4-20-15/h3-4,8-13,15,20H,2,5-7H2,1H3,(H,22,26)/t9-,10+,11+,12?,15?/m1/s1. The topological polar surface area (TPSA) is 93.4 Å². The average Bonchev–Trinajstić information content (AvgIpc) is 3.35. The predicted molar refractivity (Wildman–Crippen MR) is 92.7 cm³/mol. The number of aliphatic imine (C=N–C) groups is 1. The van der Waals surface area contributed by atoms with Gasteiger partial charge in [-0.3, -0.25) is 9.56 Å². The van der Waals surface area contributed by atoms with Crippen LogP contribution < -0.4 is 10.6 Å². The summed E-state index contributed by atoms with van der Waals surface area (Å²) in [6.45, 7) is 1.39. The van der Waals surface area contributed by atoms with Gasteiger partial charge in [0.15, 0.2) is 5.82 Å². The number of rotatable bonds is 5. The van der Waals surface area contributed by atoms with Gasteiger partial charge < -0.3 is 15.4 Å². The number of nitrogens with zero attached hydrogens (tertiary/aromatic N) is 4. The van der Waals surface area contributed by atoms with Crippen molar-refractivity contribution in [1.29, 1.82) is 0 Å². The summed E-state index contributed by atoms with van der Waals surface area (Å²) in [4.78, 5) is 16.2. The molecule has 0 spiro atoms. The molecule has 4 rings (SSSR count). The Morgan fingerprint density at radius 3 is 3.07 bits per heavy atom. The summed E-state index contributed by atoms with van der Waals surface area (Å²) < 4.78 is 31.9. The highest BCUT2D eigenvalue weighted by molar-refractivity contribution is 5.76. The normalized spacial score (nSPS) is 30.9. The lowest BCUT2D eigenvalue weighted by Gasteiger charge is -2.26. The van der Waals surface area contributed by atoms with Crippen LogP contribution in [0.5, 0.6) is 0 Å². The molecule has 8 nitrogen and oxygen atoms in total. The smallest absolute Gasteiger partial charge is 0.407 e. The van der Waals surface area contributed by atoms with E-state index in [1.807, 2.05) is 12.3 Å². The van der Waals surface area contributed by atoms with Crippen LogP contribution in [0.25, 0.3) is 0 Å². The number of hydrogen-bond acceptors (Lipinski definition) is 6. The Kier molecular flexibility index (Phi) is 4.79. The van der Waals surface area contributed by atoms with E-state index < -0.39 is 19.1 Å². The lowest BCUT2D eigenvalue weighted by Crippen LogP contribution is -2.33. The Morgan fingerprint density at radius 2 is 2.30 bits per heavy atom. The van der Waals surface area contributed by atoms with Crippen LogP contribution in [-0.2, 0) is 4.74 Å². The molecule has 1 fully saturated rings. The van der Waals surface area contributed by atoms with E-state index in [0.29, 0.717) is 18.7 Å². The number of fused-ring (bicyclic) bond motifs is 3. The molecule has 1 amide bonds. The van der Waals surface area contributed by atoms with Gasteiger partial charge in [0.1, 0.15) is 18.1 Å². The SMILES string of the molecule is CC[C@@H]1C[C@H](OC(=O)NCC(F)F)C[C@@H]1c1nnc2n1C1C=CNC1N=C2. The first kappa shape index (κ1) is 17.9. The van der Waals surface area contributed by atoms with E-state index in [0.717, 1.165) is 12.2 Å². The molecule has 3 aliphatic rings. The molecule has 10 heteroatoms. The van der Waals surface area contributed by atoms with Crippen LogP contribution in [0, 0.1) is 5.92 Å². The summed E-state index contributed by atoms with van der Waals surface area (Å²) in [5.74, 6) is 1.95. The van der Waals surface area contributed by atoms with E-state index in [9.17, 15) is 13.6 Å². The number of alkyl carbamates (subject to hydrolysis) is 1. The average molecular weight is 380 g/mol. The highest BCUT2D eigenvalue weighted by Gasteiger charge is 2.41. The summed E-state index contributed by atoms with van der Waals surface area (Å²) >= 11 is 0. The Labute approximate surface area is 155 Å². The number of carbonyl (C=O) groups is 1. The molecule has 0 saturated heterocycles. The molecule has 2 aliphatic heterocycles. The van der Waals surface area contributed by atoms with E-state index in [2.05, 4.69) is 37.3 Å². The van der Waals surface area contributed by atoms with Crippen molar-refractivity contribution in [2.24, 2.45) is 10.9 Å². The fourth-order valence-corrected chi connectivity index (χ4v) is 4.22. The van der Waals surface area contributed by atoms with Gasteiger partial charge in [-0.2, -0.15) is 0 Å². The van der Waals surface area contributed by atoms with Gasteiger partial charge in [-0.05, 0) is 31.0 Å². The van der Waals surface area contributed by atoms with Crippen LogP contribution in [0.1, 0.15) is 49.8 Å². The van der Waals surface area contributed by atoms with Crippen LogP contribution in [0.3, 0.4) is 0 Å². The third-order valence-corrected chi connectivity index (χ3v) is 5.46. The lowest BCUT2D eigenvalue weighted by molar-refractivity contribution is 0.0872. The number of alkyl halides is 2. The minimum atomic E-state index is -2.59. The summed E-state index contributed by atoms with van der Waals surface area (Å²) in [5.41, 5.74) is 0. The second kappa shape index (κ2) is 7.24. The number of hydrogen-bond donors (Lipinski definition) is 2. The molecule has 1 aromatic heterocycles. The van der Waals surface area contributed by atoms with Crippen molar-refractivity contribution in [3.8, 4) is 0 Å². The number of halogens is 2. The monoisotopic (exact) mass is 380 g/mol. The molecular formula is C17H22F2N6O2. The molecule has 3 heterocycles. The van der Waals surface area contributed by atoms with Gasteiger partial charge in [0.25, 0.3) is 6.43 Å². The first-order valence-electron chi connectivity index (χ1n) is 9.20. The second-order valence-corrected chi connectivity index (χ2v) is 7.07. The first-order valence-corrected chi connectivity index (χ1v) is 9.20. The number of aromatic nitrogens is 3. The van der Waals surface area contributed by atoms with Crippen molar-refractivity contribution in [2.75, 3.05) is 6.54 Å². The van der Waals surface area contributed by atoms with Crippen LogP contribution in [0.15, 0.2) is 17.3 Å². The van der Waals surface area contributed by atoms with Crippen LogP contribution >= 0.6 is 0 Å². The van der Waals surface area contributed by atoms with Crippen molar-refractivity contribution in [3.05, 3.63) is 23.9 Å². The molecule has 146 valence electrons. The summed E-state index contributed by atoms with van der Waals surface area (Å²) in [6.07, 6.45) is 4.07. The molecule has 27 heavy (non-hydrogen) atoms. The highest BCUT2D eigenvalue weighted by Crippen LogP contribution is 2.43. The number of amides is 1. The van der Waals surface area contributed by atoms with Gasteiger partial charge in [0.2, 0.25) is 0 Å². The maximum atomic E-state index is 12.2. The minimum Gasteiger partial charge on any atom is -0.446 e. The highest BCUT2D eigenvalue weighted by atomic mass is 19.3. The van der Waals surface area contributed by atoms with Gasteiger partial charge in [0, 0.05) is 5.92 Å². The predicted octanol–water partition coefficient (Wildman–Crippen LogP) is 1.96.